The summed E-state index contributed by atoms with van der Waals surface area (Å²) in [5.74, 6) is -0.309. The number of carbonyl (C=O) groups excluding carboxylic acids is 2. The van der Waals surface area contributed by atoms with Crippen molar-refractivity contribution in [3.05, 3.63) is 35.4 Å². The Labute approximate surface area is 187 Å². The Balaban J connectivity index is 1.91. The van der Waals surface area contributed by atoms with Crippen molar-refractivity contribution in [2.75, 3.05) is 25.9 Å². The fraction of sp³-hybridized carbons (Fsp3) is 0.652. The van der Waals surface area contributed by atoms with Gasteiger partial charge in [-0.1, -0.05) is 46.8 Å². The second-order valence-corrected chi connectivity index (χ2v) is 11.9. The minimum absolute atomic E-state index is 0.00677. The number of nitrogens with one attached hydrogen (secondary N) is 2. The highest BCUT2D eigenvalue weighted by Gasteiger charge is 2.28. The average Bonchev–Trinajstić information content (AvgIpc) is 2.69. The lowest BCUT2D eigenvalue weighted by Crippen LogP contribution is -2.51. The van der Waals surface area contributed by atoms with Crippen LogP contribution >= 0.6 is 0 Å². The van der Waals surface area contributed by atoms with Gasteiger partial charge in [-0.15, -0.1) is 0 Å². The Kier molecular flexibility index (Phi) is 8.27. The van der Waals surface area contributed by atoms with Gasteiger partial charge < -0.3 is 10.6 Å². The standard InChI is InChI=1S/C23H37N3O4S/c1-16(2)20(25-21(27)18-7-9-19(10-8-18)23(3,4)5)22(28)24-15-17-11-13-26(14-12-17)31(6,29)30/h7-10,16-17,20H,11-15H2,1-6H3,(H,24,28)(H,25,27). The van der Waals surface area contributed by atoms with Crippen LogP contribution in [0.25, 0.3) is 0 Å². The quantitative estimate of drug-likeness (QED) is 0.666. The Morgan fingerprint density at radius 1 is 1.10 bits per heavy atom. The highest BCUT2D eigenvalue weighted by molar-refractivity contribution is 7.88. The van der Waals surface area contributed by atoms with Crippen molar-refractivity contribution in [3.8, 4) is 0 Å². The molecule has 174 valence electrons. The molecule has 0 aliphatic carbocycles. The molecule has 1 unspecified atom stereocenters. The van der Waals surface area contributed by atoms with Gasteiger partial charge in [-0.25, -0.2) is 12.7 Å². The van der Waals surface area contributed by atoms with E-state index in [9.17, 15) is 18.0 Å². The lowest BCUT2D eigenvalue weighted by atomic mass is 9.86. The lowest BCUT2D eigenvalue weighted by molar-refractivity contribution is -0.124. The van der Waals surface area contributed by atoms with Crippen LogP contribution in [0.4, 0.5) is 0 Å². The molecule has 7 nitrogen and oxygen atoms in total. The van der Waals surface area contributed by atoms with E-state index in [1.165, 1.54) is 10.6 Å². The summed E-state index contributed by atoms with van der Waals surface area (Å²) < 4.78 is 24.7. The normalized spacial score (nSPS) is 17.4. The maximum atomic E-state index is 12.8. The summed E-state index contributed by atoms with van der Waals surface area (Å²) in [5, 5.41) is 5.82. The number of rotatable bonds is 7. The molecule has 1 fully saturated rings. The van der Waals surface area contributed by atoms with E-state index in [0.29, 0.717) is 38.0 Å². The SMILES string of the molecule is CC(C)C(NC(=O)c1ccc(C(C)(C)C)cc1)C(=O)NCC1CCN(S(C)(=O)=O)CC1. The molecule has 0 radical (unpaired) electrons. The zero-order chi connectivity index (χ0) is 23.4. The Bertz CT molecular complexity index is 865. The van der Waals surface area contributed by atoms with E-state index < -0.39 is 16.1 Å². The van der Waals surface area contributed by atoms with E-state index in [4.69, 9.17) is 0 Å². The second-order valence-electron chi connectivity index (χ2n) is 9.87. The predicted octanol–water partition coefficient (Wildman–Crippen LogP) is 2.53. The number of nitrogens with zero attached hydrogens (tertiary/aromatic N) is 1. The van der Waals surface area contributed by atoms with Crippen LogP contribution < -0.4 is 10.6 Å². The maximum absolute atomic E-state index is 12.8. The highest BCUT2D eigenvalue weighted by atomic mass is 32.2. The maximum Gasteiger partial charge on any atom is 0.251 e. The molecular weight excluding hydrogens is 414 g/mol. The third-order valence-corrected chi connectivity index (χ3v) is 7.16. The molecule has 0 aromatic heterocycles. The van der Waals surface area contributed by atoms with Crippen LogP contribution in [-0.2, 0) is 20.2 Å². The van der Waals surface area contributed by atoms with E-state index in [-0.39, 0.29) is 29.1 Å². The van der Waals surface area contributed by atoms with Gasteiger partial charge in [-0.05, 0) is 47.8 Å². The van der Waals surface area contributed by atoms with E-state index in [0.717, 1.165) is 5.56 Å². The topological polar surface area (TPSA) is 95.6 Å². The summed E-state index contributed by atoms with van der Waals surface area (Å²) in [6, 6.07) is 6.84. The van der Waals surface area contributed by atoms with Gasteiger partial charge >= 0.3 is 0 Å². The monoisotopic (exact) mass is 451 g/mol. The van der Waals surface area contributed by atoms with Gasteiger partial charge in [0.05, 0.1) is 6.26 Å². The van der Waals surface area contributed by atoms with Crippen LogP contribution in [0.15, 0.2) is 24.3 Å². The van der Waals surface area contributed by atoms with Gasteiger partial charge in [0.15, 0.2) is 0 Å². The molecule has 0 bridgehead atoms. The summed E-state index contributed by atoms with van der Waals surface area (Å²) in [4.78, 5) is 25.5. The molecular formula is C23H37N3O4S. The lowest BCUT2D eigenvalue weighted by Gasteiger charge is -2.31. The summed E-state index contributed by atoms with van der Waals surface area (Å²) in [6.45, 7) is 11.6. The summed E-state index contributed by atoms with van der Waals surface area (Å²) >= 11 is 0. The second kappa shape index (κ2) is 10.1. The molecule has 2 rings (SSSR count). The van der Waals surface area contributed by atoms with Crippen molar-refractivity contribution in [2.24, 2.45) is 11.8 Å². The fourth-order valence-corrected chi connectivity index (χ4v) is 4.56. The summed E-state index contributed by atoms with van der Waals surface area (Å²) in [5.41, 5.74) is 1.68. The van der Waals surface area contributed by atoms with E-state index in [1.54, 1.807) is 12.1 Å². The first-order chi connectivity index (χ1) is 14.3. The highest BCUT2D eigenvalue weighted by Crippen LogP contribution is 2.22. The number of sulfonamides is 1. The summed E-state index contributed by atoms with van der Waals surface area (Å²) in [6.07, 6.45) is 2.65. The van der Waals surface area contributed by atoms with Gasteiger partial charge in [0, 0.05) is 25.2 Å². The Morgan fingerprint density at radius 3 is 2.10 bits per heavy atom. The van der Waals surface area contributed by atoms with Crippen LogP contribution in [0, 0.1) is 11.8 Å². The first-order valence-electron chi connectivity index (χ1n) is 10.9. The molecule has 0 saturated carbocycles. The molecule has 1 saturated heterocycles. The average molecular weight is 452 g/mol. The van der Waals surface area contributed by atoms with Crippen LogP contribution in [-0.4, -0.2) is 56.5 Å². The molecule has 2 amide bonds. The minimum Gasteiger partial charge on any atom is -0.354 e. The summed E-state index contributed by atoms with van der Waals surface area (Å²) in [7, 11) is -3.16. The van der Waals surface area contributed by atoms with Gasteiger partial charge in [0.25, 0.3) is 5.91 Å². The number of hydrogen-bond donors (Lipinski definition) is 2. The van der Waals surface area contributed by atoms with E-state index in [1.807, 2.05) is 26.0 Å². The fourth-order valence-electron chi connectivity index (χ4n) is 3.68. The Hall–Kier alpha value is -1.93. The molecule has 1 aliphatic rings. The van der Waals surface area contributed by atoms with Gasteiger partial charge in [-0.2, -0.15) is 0 Å². The van der Waals surface area contributed by atoms with Crippen molar-refractivity contribution in [1.29, 1.82) is 0 Å². The van der Waals surface area contributed by atoms with Crippen molar-refractivity contribution in [3.63, 3.8) is 0 Å². The molecule has 1 aliphatic heterocycles. The zero-order valence-corrected chi connectivity index (χ0v) is 20.4. The predicted molar refractivity (Wildman–Crippen MR) is 123 cm³/mol. The van der Waals surface area contributed by atoms with Crippen molar-refractivity contribution >= 4 is 21.8 Å². The molecule has 1 atom stereocenters. The molecule has 2 N–H and O–H groups in total. The largest absolute Gasteiger partial charge is 0.354 e. The van der Waals surface area contributed by atoms with Crippen LogP contribution in [0.1, 0.15) is 63.4 Å². The van der Waals surface area contributed by atoms with Crippen molar-refractivity contribution in [1.82, 2.24) is 14.9 Å². The third kappa shape index (κ3) is 7.31. The van der Waals surface area contributed by atoms with Crippen LogP contribution in [0.2, 0.25) is 0 Å². The van der Waals surface area contributed by atoms with Crippen molar-refractivity contribution < 1.29 is 18.0 Å². The van der Waals surface area contributed by atoms with E-state index in [2.05, 4.69) is 31.4 Å². The van der Waals surface area contributed by atoms with Crippen molar-refractivity contribution in [2.45, 2.75) is 58.9 Å². The molecule has 1 heterocycles. The molecule has 0 spiro atoms. The zero-order valence-electron chi connectivity index (χ0n) is 19.6. The smallest absolute Gasteiger partial charge is 0.251 e. The minimum atomic E-state index is -3.16. The van der Waals surface area contributed by atoms with Gasteiger partial charge in [0.2, 0.25) is 15.9 Å². The number of piperidine rings is 1. The molecule has 1 aromatic carbocycles. The molecule has 31 heavy (non-hydrogen) atoms. The molecule has 1 aromatic rings. The first kappa shape index (κ1) is 25.3. The first-order valence-corrected chi connectivity index (χ1v) is 12.8. The van der Waals surface area contributed by atoms with Crippen LogP contribution in [0.5, 0.6) is 0 Å². The molecule has 8 heteroatoms. The van der Waals surface area contributed by atoms with Gasteiger partial charge in [0.1, 0.15) is 6.04 Å². The number of benzene rings is 1. The Morgan fingerprint density at radius 2 is 1.65 bits per heavy atom. The number of amides is 2. The third-order valence-electron chi connectivity index (χ3n) is 5.86. The van der Waals surface area contributed by atoms with Gasteiger partial charge in [-0.3, -0.25) is 9.59 Å². The number of hydrogen-bond acceptors (Lipinski definition) is 4. The van der Waals surface area contributed by atoms with Crippen LogP contribution in [0.3, 0.4) is 0 Å². The van der Waals surface area contributed by atoms with E-state index >= 15 is 0 Å². The number of carbonyl (C=O) groups is 2.